The van der Waals surface area contributed by atoms with E-state index in [4.69, 9.17) is 0 Å². The molecule has 1 amide bonds. The Balaban J connectivity index is 1.24. The molecule has 1 atom stereocenters. The van der Waals surface area contributed by atoms with Gasteiger partial charge in [-0.25, -0.2) is 4.68 Å². The zero-order valence-electron chi connectivity index (χ0n) is 16.8. The summed E-state index contributed by atoms with van der Waals surface area (Å²) in [6.07, 6.45) is 7.63. The van der Waals surface area contributed by atoms with E-state index in [-0.39, 0.29) is 0 Å². The number of carbonyl (C=O) groups excluding carboxylic acids is 1. The van der Waals surface area contributed by atoms with Crippen molar-refractivity contribution in [3.8, 4) is 5.69 Å². The van der Waals surface area contributed by atoms with Crippen LogP contribution < -0.4 is 0 Å². The maximum atomic E-state index is 12.6. The number of para-hydroxylation sites is 1. The van der Waals surface area contributed by atoms with Gasteiger partial charge in [0.05, 0.1) is 18.4 Å². The molecule has 150 valence electrons. The van der Waals surface area contributed by atoms with Crippen molar-refractivity contribution in [1.29, 1.82) is 0 Å². The Labute approximate surface area is 167 Å². The van der Waals surface area contributed by atoms with E-state index >= 15 is 0 Å². The van der Waals surface area contributed by atoms with E-state index in [1.165, 1.54) is 12.0 Å². The van der Waals surface area contributed by atoms with Crippen LogP contribution in [-0.4, -0.2) is 75.7 Å². The summed E-state index contributed by atoms with van der Waals surface area (Å²) in [6.45, 7) is 8.53. The van der Waals surface area contributed by atoms with Gasteiger partial charge in [0.1, 0.15) is 0 Å². The first kappa shape index (κ1) is 19.2. The number of piperazine rings is 1. The van der Waals surface area contributed by atoms with Crippen LogP contribution in [-0.2, 0) is 11.3 Å². The summed E-state index contributed by atoms with van der Waals surface area (Å²) in [5.74, 6) is 0.310. The van der Waals surface area contributed by atoms with E-state index in [0.717, 1.165) is 57.8 Å². The Bertz CT molecular complexity index is 766. The highest BCUT2D eigenvalue weighted by Gasteiger charge is 2.26. The molecular weight excluding hydrogens is 350 g/mol. The van der Waals surface area contributed by atoms with Gasteiger partial charge >= 0.3 is 0 Å². The number of hydrogen-bond acceptors (Lipinski definition) is 4. The standard InChI is InChI=1S/C22H31N5O/c1-19-7-5-6-10-26(19)22(28)18-25-13-11-24(12-14-25)16-20-15-23-27(17-20)21-8-3-2-4-9-21/h2-4,8-9,15,17,19H,5-7,10-14,16,18H2,1H3. The molecule has 0 N–H and O–H groups in total. The number of likely N-dealkylation sites (tertiary alicyclic amines) is 1. The minimum absolute atomic E-state index is 0.310. The molecule has 4 rings (SSSR count). The summed E-state index contributed by atoms with van der Waals surface area (Å²) in [7, 11) is 0. The molecule has 2 aromatic rings. The predicted molar refractivity (Wildman–Crippen MR) is 110 cm³/mol. The second-order valence-electron chi connectivity index (χ2n) is 8.11. The van der Waals surface area contributed by atoms with Gasteiger partial charge in [0.15, 0.2) is 0 Å². The zero-order chi connectivity index (χ0) is 19.3. The van der Waals surface area contributed by atoms with Crippen LogP contribution in [0.25, 0.3) is 5.69 Å². The number of aromatic nitrogens is 2. The Morgan fingerprint density at radius 1 is 1.04 bits per heavy atom. The van der Waals surface area contributed by atoms with Crippen LogP contribution in [0.3, 0.4) is 0 Å². The maximum absolute atomic E-state index is 12.6. The van der Waals surface area contributed by atoms with Gasteiger partial charge in [0, 0.05) is 57.1 Å². The first-order chi connectivity index (χ1) is 13.7. The van der Waals surface area contributed by atoms with Gasteiger partial charge in [-0.2, -0.15) is 5.10 Å². The number of piperidine rings is 1. The minimum Gasteiger partial charge on any atom is -0.339 e. The van der Waals surface area contributed by atoms with Crippen LogP contribution in [0.1, 0.15) is 31.7 Å². The molecule has 2 aliphatic rings. The molecule has 1 aromatic carbocycles. The predicted octanol–water partition coefficient (Wildman–Crippen LogP) is 2.39. The summed E-state index contributed by atoms with van der Waals surface area (Å²) in [5, 5.41) is 4.49. The van der Waals surface area contributed by atoms with E-state index in [2.05, 4.69) is 45.1 Å². The first-order valence-electron chi connectivity index (χ1n) is 10.5. The van der Waals surface area contributed by atoms with E-state index in [9.17, 15) is 4.79 Å². The molecule has 6 nitrogen and oxygen atoms in total. The molecule has 2 fully saturated rings. The van der Waals surface area contributed by atoms with E-state index < -0.39 is 0 Å². The lowest BCUT2D eigenvalue weighted by atomic mass is 10.0. The summed E-state index contributed by atoms with van der Waals surface area (Å²) < 4.78 is 1.93. The molecule has 1 unspecified atom stereocenters. The number of rotatable bonds is 5. The molecule has 0 saturated carbocycles. The van der Waals surface area contributed by atoms with Crippen LogP contribution >= 0.6 is 0 Å². The van der Waals surface area contributed by atoms with Crippen LogP contribution in [0, 0.1) is 0 Å². The van der Waals surface area contributed by atoms with Gasteiger partial charge in [-0.1, -0.05) is 18.2 Å². The molecular formula is C22H31N5O. The van der Waals surface area contributed by atoms with Gasteiger partial charge < -0.3 is 4.90 Å². The fourth-order valence-corrected chi connectivity index (χ4v) is 4.28. The molecule has 0 spiro atoms. The van der Waals surface area contributed by atoms with Gasteiger partial charge in [0.2, 0.25) is 5.91 Å². The second kappa shape index (κ2) is 8.88. The third-order valence-corrected chi connectivity index (χ3v) is 6.01. The maximum Gasteiger partial charge on any atom is 0.236 e. The normalized spacial score (nSPS) is 21.8. The summed E-state index contributed by atoms with van der Waals surface area (Å²) in [6, 6.07) is 10.6. The number of hydrogen-bond donors (Lipinski definition) is 0. The van der Waals surface area contributed by atoms with Crippen molar-refractivity contribution in [2.24, 2.45) is 0 Å². The van der Waals surface area contributed by atoms with Crippen molar-refractivity contribution >= 4 is 5.91 Å². The summed E-state index contributed by atoms with van der Waals surface area (Å²) in [4.78, 5) is 19.5. The molecule has 6 heteroatoms. The molecule has 0 bridgehead atoms. The minimum atomic E-state index is 0.310. The topological polar surface area (TPSA) is 44.6 Å². The van der Waals surface area contributed by atoms with E-state index in [0.29, 0.717) is 18.5 Å². The van der Waals surface area contributed by atoms with Crippen LogP contribution in [0.4, 0.5) is 0 Å². The smallest absolute Gasteiger partial charge is 0.236 e. The van der Waals surface area contributed by atoms with Crippen molar-refractivity contribution in [3.63, 3.8) is 0 Å². The van der Waals surface area contributed by atoms with Gasteiger partial charge in [-0.15, -0.1) is 0 Å². The van der Waals surface area contributed by atoms with Crippen molar-refractivity contribution in [2.75, 3.05) is 39.3 Å². The van der Waals surface area contributed by atoms with Crippen LogP contribution in [0.15, 0.2) is 42.7 Å². The highest BCUT2D eigenvalue weighted by atomic mass is 16.2. The Kier molecular flexibility index (Phi) is 6.07. The van der Waals surface area contributed by atoms with Crippen molar-refractivity contribution < 1.29 is 4.79 Å². The average molecular weight is 382 g/mol. The molecule has 1 aromatic heterocycles. The molecule has 0 radical (unpaired) electrons. The number of nitrogens with zero attached hydrogens (tertiary/aromatic N) is 5. The lowest BCUT2D eigenvalue weighted by molar-refractivity contribution is -0.136. The summed E-state index contributed by atoms with van der Waals surface area (Å²) >= 11 is 0. The Morgan fingerprint density at radius 3 is 2.54 bits per heavy atom. The van der Waals surface area contributed by atoms with Crippen molar-refractivity contribution in [1.82, 2.24) is 24.5 Å². The third kappa shape index (κ3) is 4.62. The Morgan fingerprint density at radius 2 is 1.79 bits per heavy atom. The van der Waals surface area contributed by atoms with Gasteiger partial charge in [0.25, 0.3) is 0 Å². The largest absolute Gasteiger partial charge is 0.339 e. The molecule has 2 saturated heterocycles. The van der Waals surface area contributed by atoms with Crippen molar-refractivity contribution in [3.05, 3.63) is 48.3 Å². The molecule has 28 heavy (non-hydrogen) atoms. The number of benzene rings is 1. The molecule has 0 aliphatic carbocycles. The quantitative estimate of drug-likeness (QED) is 0.798. The van der Waals surface area contributed by atoms with E-state index in [1.54, 1.807) is 0 Å². The molecule has 3 heterocycles. The second-order valence-corrected chi connectivity index (χ2v) is 8.11. The SMILES string of the molecule is CC1CCCCN1C(=O)CN1CCN(Cc2cnn(-c3ccccc3)c2)CC1. The zero-order valence-corrected chi connectivity index (χ0v) is 16.8. The number of carbonyl (C=O) groups is 1. The number of amides is 1. The van der Waals surface area contributed by atoms with E-state index in [1.807, 2.05) is 29.1 Å². The monoisotopic (exact) mass is 381 g/mol. The first-order valence-corrected chi connectivity index (χ1v) is 10.5. The third-order valence-electron chi connectivity index (χ3n) is 6.01. The molecule has 2 aliphatic heterocycles. The highest BCUT2D eigenvalue weighted by molar-refractivity contribution is 5.78. The lowest BCUT2D eigenvalue weighted by Gasteiger charge is -2.38. The Hall–Kier alpha value is -2.18. The van der Waals surface area contributed by atoms with Gasteiger partial charge in [-0.3, -0.25) is 14.6 Å². The fraction of sp³-hybridized carbons (Fsp3) is 0.545. The van der Waals surface area contributed by atoms with Gasteiger partial charge in [-0.05, 0) is 38.3 Å². The average Bonchev–Trinajstić information content (AvgIpc) is 3.19. The van der Waals surface area contributed by atoms with Crippen LogP contribution in [0.5, 0.6) is 0 Å². The van der Waals surface area contributed by atoms with Crippen LogP contribution in [0.2, 0.25) is 0 Å². The highest BCUT2D eigenvalue weighted by Crippen LogP contribution is 2.17. The van der Waals surface area contributed by atoms with Crippen molar-refractivity contribution in [2.45, 2.75) is 38.8 Å². The fourth-order valence-electron chi connectivity index (χ4n) is 4.28. The summed E-state index contributed by atoms with van der Waals surface area (Å²) in [5.41, 5.74) is 2.32. The lowest BCUT2D eigenvalue weighted by Crippen LogP contribution is -2.51.